The first kappa shape index (κ1) is 16.6. The molecule has 2 aromatic heterocycles. The van der Waals surface area contributed by atoms with Crippen LogP contribution >= 0.6 is 0 Å². The zero-order chi connectivity index (χ0) is 18.1. The number of anilines is 1. The van der Waals surface area contributed by atoms with Crippen LogP contribution in [0.15, 0.2) is 28.8 Å². The number of nitrogens with one attached hydrogen (secondary N) is 1. The van der Waals surface area contributed by atoms with Crippen molar-refractivity contribution < 1.29 is 9.26 Å². The molecule has 5 rings (SSSR count). The van der Waals surface area contributed by atoms with Crippen LogP contribution < -0.4 is 5.32 Å². The van der Waals surface area contributed by atoms with E-state index in [0.717, 1.165) is 74.6 Å². The molecule has 140 valence electrons. The van der Waals surface area contributed by atoms with E-state index < -0.39 is 0 Å². The fraction of sp³-hybridized carbons (Fsp3) is 0.474. The summed E-state index contributed by atoms with van der Waals surface area (Å²) in [4.78, 5) is 6.91. The highest BCUT2D eigenvalue weighted by Crippen LogP contribution is 2.39. The molecular formula is C19H22N6O2. The van der Waals surface area contributed by atoms with Gasteiger partial charge < -0.3 is 14.6 Å². The van der Waals surface area contributed by atoms with Gasteiger partial charge in [0.05, 0.1) is 13.2 Å². The second-order valence-corrected chi connectivity index (χ2v) is 7.06. The van der Waals surface area contributed by atoms with Crippen molar-refractivity contribution in [2.75, 3.05) is 44.7 Å². The second-order valence-electron chi connectivity index (χ2n) is 7.06. The molecule has 8 nitrogen and oxygen atoms in total. The zero-order valence-electron chi connectivity index (χ0n) is 15.1. The second kappa shape index (κ2) is 7.21. The van der Waals surface area contributed by atoms with Gasteiger partial charge in [0.2, 0.25) is 0 Å². The lowest BCUT2D eigenvalue weighted by Crippen LogP contribution is -2.39. The van der Waals surface area contributed by atoms with Gasteiger partial charge >= 0.3 is 0 Å². The molecule has 3 aromatic rings. The number of nitrogens with zero attached hydrogens (tertiary/aromatic N) is 5. The summed E-state index contributed by atoms with van der Waals surface area (Å²) in [5, 5.41) is 18.3. The van der Waals surface area contributed by atoms with Crippen LogP contribution in [0.4, 0.5) is 5.82 Å². The van der Waals surface area contributed by atoms with Gasteiger partial charge in [0.1, 0.15) is 0 Å². The smallest absolute Gasteiger partial charge is 0.279 e. The minimum absolute atomic E-state index is 0.445. The van der Waals surface area contributed by atoms with Gasteiger partial charge in [-0.2, -0.15) is 4.98 Å². The van der Waals surface area contributed by atoms with Crippen molar-refractivity contribution in [3.8, 4) is 11.6 Å². The zero-order valence-corrected chi connectivity index (χ0v) is 15.1. The molecular weight excluding hydrogens is 344 g/mol. The van der Waals surface area contributed by atoms with Crippen LogP contribution in [0.1, 0.15) is 24.6 Å². The van der Waals surface area contributed by atoms with E-state index in [-0.39, 0.29) is 0 Å². The Morgan fingerprint density at radius 1 is 1.07 bits per heavy atom. The first-order valence-electron chi connectivity index (χ1n) is 9.52. The predicted octanol–water partition coefficient (Wildman–Crippen LogP) is 2.30. The topological polar surface area (TPSA) is 89.2 Å². The lowest BCUT2D eigenvalue weighted by Gasteiger charge is -2.26. The molecule has 0 bridgehead atoms. The van der Waals surface area contributed by atoms with Gasteiger partial charge in [-0.1, -0.05) is 29.4 Å². The Kier molecular flexibility index (Phi) is 4.43. The van der Waals surface area contributed by atoms with Gasteiger partial charge in [0, 0.05) is 42.9 Å². The molecule has 1 aliphatic heterocycles. The third kappa shape index (κ3) is 3.50. The van der Waals surface area contributed by atoms with E-state index in [1.165, 1.54) is 0 Å². The Hall–Kier alpha value is -2.58. The maximum atomic E-state index is 5.46. The molecule has 1 saturated heterocycles. The fourth-order valence-corrected chi connectivity index (χ4v) is 3.39. The van der Waals surface area contributed by atoms with Crippen LogP contribution in [0.25, 0.3) is 22.4 Å². The van der Waals surface area contributed by atoms with Crippen LogP contribution in [0.5, 0.6) is 0 Å². The predicted molar refractivity (Wildman–Crippen MR) is 101 cm³/mol. The number of benzene rings is 1. The number of hydrogen-bond acceptors (Lipinski definition) is 8. The molecule has 2 fully saturated rings. The van der Waals surface area contributed by atoms with Crippen LogP contribution in [0.2, 0.25) is 0 Å². The number of morpholine rings is 1. The first-order chi connectivity index (χ1) is 13.4. The third-order valence-electron chi connectivity index (χ3n) is 5.10. The summed E-state index contributed by atoms with van der Waals surface area (Å²) >= 11 is 0. The van der Waals surface area contributed by atoms with Crippen LogP contribution in [0, 0.1) is 0 Å². The highest BCUT2D eigenvalue weighted by Gasteiger charge is 2.29. The molecule has 0 unspecified atom stereocenters. The van der Waals surface area contributed by atoms with E-state index in [4.69, 9.17) is 9.26 Å². The van der Waals surface area contributed by atoms with E-state index in [2.05, 4.69) is 30.6 Å². The average Bonchev–Trinajstić information content (AvgIpc) is 3.46. The maximum Gasteiger partial charge on any atom is 0.279 e. The SMILES string of the molecule is c1ccc2c(-c3nc(C4CC4)no3)nnc(NCCN3CCOCC3)c2c1. The largest absolute Gasteiger partial charge is 0.379 e. The Morgan fingerprint density at radius 2 is 1.89 bits per heavy atom. The fourth-order valence-electron chi connectivity index (χ4n) is 3.39. The molecule has 27 heavy (non-hydrogen) atoms. The van der Waals surface area contributed by atoms with Crippen molar-refractivity contribution in [3.05, 3.63) is 30.1 Å². The molecule has 2 aliphatic rings. The van der Waals surface area contributed by atoms with E-state index in [1.54, 1.807) is 0 Å². The summed E-state index contributed by atoms with van der Waals surface area (Å²) in [6, 6.07) is 8.06. The maximum absolute atomic E-state index is 5.46. The molecule has 3 heterocycles. The Labute approximate surface area is 156 Å². The molecule has 8 heteroatoms. The van der Waals surface area contributed by atoms with Crippen molar-refractivity contribution in [1.82, 2.24) is 25.2 Å². The van der Waals surface area contributed by atoms with Gasteiger partial charge in [-0.15, -0.1) is 10.2 Å². The highest BCUT2D eigenvalue weighted by molar-refractivity contribution is 5.98. The summed E-state index contributed by atoms with van der Waals surface area (Å²) < 4.78 is 10.9. The van der Waals surface area contributed by atoms with Crippen molar-refractivity contribution >= 4 is 16.6 Å². The van der Waals surface area contributed by atoms with E-state index in [0.29, 0.717) is 17.5 Å². The summed E-state index contributed by atoms with van der Waals surface area (Å²) in [6.07, 6.45) is 2.27. The molecule has 0 radical (unpaired) electrons. The standard InChI is InChI=1S/C19H22N6O2/c1-2-4-15-14(3-1)16(19-21-17(24-27-19)13-5-6-13)22-23-18(15)20-7-8-25-9-11-26-12-10-25/h1-4,13H,5-12H2,(H,20,23). The minimum Gasteiger partial charge on any atom is -0.379 e. The van der Waals surface area contributed by atoms with Gasteiger partial charge in [0.25, 0.3) is 5.89 Å². The number of aromatic nitrogens is 4. The van der Waals surface area contributed by atoms with Crippen molar-refractivity contribution in [3.63, 3.8) is 0 Å². The summed E-state index contributed by atoms with van der Waals surface area (Å²) in [5.41, 5.74) is 0.642. The van der Waals surface area contributed by atoms with E-state index in [9.17, 15) is 0 Å². The summed E-state index contributed by atoms with van der Waals surface area (Å²) in [6.45, 7) is 5.34. The van der Waals surface area contributed by atoms with Crippen molar-refractivity contribution in [2.45, 2.75) is 18.8 Å². The number of ether oxygens (including phenoxy) is 1. The molecule has 1 aromatic carbocycles. The average molecular weight is 366 g/mol. The Morgan fingerprint density at radius 3 is 2.70 bits per heavy atom. The quantitative estimate of drug-likeness (QED) is 0.711. The minimum atomic E-state index is 0.445. The Bertz CT molecular complexity index is 933. The molecule has 1 aliphatic carbocycles. The molecule has 1 saturated carbocycles. The van der Waals surface area contributed by atoms with Crippen molar-refractivity contribution in [2.24, 2.45) is 0 Å². The normalized spacial score (nSPS) is 18.1. The molecule has 0 amide bonds. The first-order valence-corrected chi connectivity index (χ1v) is 9.52. The highest BCUT2D eigenvalue weighted by atomic mass is 16.5. The third-order valence-corrected chi connectivity index (χ3v) is 5.10. The van der Waals surface area contributed by atoms with E-state index in [1.807, 2.05) is 24.3 Å². The Balaban J connectivity index is 1.37. The monoisotopic (exact) mass is 366 g/mol. The van der Waals surface area contributed by atoms with E-state index >= 15 is 0 Å². The number of rotatable bonds is 6. The van der Waals surface area contributed by atoms with Crippen LogP contribution in [0.3, 0.4) is 0 Å². The summed E-state index contributed by atoms with van der Waals surface area (Å²) in [5.74, 6) is 2.46. The lowest BCUT2D eigenvalue weighted by molar-refractivity contribution is 0.0398. The summed E-state index contributed by atoms with van der Waals surface area (Å²) in [7, 11) is 0. The van der Waals surface area contributed by atoms with Gasteiger partial charge in [-0.25, -0.2) is 0 Å². The van der Waals surface area contributed by atoms with Gasteiger partial charge in [-0.3, -0.25) is 4.90 Å². The number of fused-ring (bicyclic) bond motifs is 1. The molecule has 1 N–H and O–H groups in total. The molecule has 0 spiro atoms. The lowest BCUT2D eigenvalue weighted by atomic mass is 10.1. The van der Waals surface area contributed by atoms with Crippen LogP contribution in [-0.4, -0.2) is 64.6 Å². The molecule has 0 atom stereocenters. The van der Waals surface area contributed by atoms with Crippen LogP contribution in [-0.2, 0) is 4.74 Å². The van der Waals surface area contributed by atoms with Crippen molar-refractivity contribution in [1.29, 1.82) is 0 Å². The van der Waals surface area contributed by atoms with Gasteiger partial charge in [0.15, 0.2) is 17.3 Å². The number of hydrogen-bond donors (Lipinski definition) is 1. The van der Waals surface area contributed by atoms with Gasteiger partial charge in [-0.05, 0) is 12.8 Å².